The summed E-state index contributed by atoms with van der Waals surface area (Å²) in [5, 5.41) is 9.71. The predicted octanol–water partition coefficient (Wildman–Crippen LogP) is 7.67. The van der Waals surface area contributed by atoms with Gasteiger partial charge in [0.1, 0.15) is 18.4 Å². The van der Waals surface area contributed by atoms with Crippen molar-refractivity contribution in [3.63, 3.8) is 0 Å². The number of hydrogen-bond acceptors (Lipinski definition) is 7. The van der Waals surface area contributed by atoms with E-state index in [9.17, 15) is 4.79 Å². The highest BCUT2D eigenvalue weighted by Crippen LogP contribution is 2.41. The first-order valence-corrected chi connectivity index (χ1v) is 14.5. The van der Waals surface area contributed by atoms with Crippen LogP contribution in [0, 0.1) is 0 Å². The number of esters is 1. The highest BCUT2D eigenvalue weighted by Gasteiger charge is 2.37. The molecule has 0 aliphatic carbocycles. The Labute approximate surface area is 239 Å². The maximum Gasteiger partial charge on any atom is 0.338 e. The standard InChI is InChI=1S/C26H27BrCl2N4O3S/c1-4-10-35-24(34)22-15(3)30-25-31-26(37-11-5-2)32-33(25)23(22)19-12-17(27)7-9-21(19)36-14-16-6-8-18(28)13-20(16)29/h6-9,12-13,23H,4-5,10-11,14H2,1-3H3,(H,30,31,32). The van der Waals surface area contributed by atoms with Gasteiger partial charge in [0.2, 0.25) is 11.1 Å². The zero-order chi connectivity index (χ0) is 26.5. The largest absolute Gasteiger partial charge is 0.488 e. The fraction of sp³-hybridized carbons (Fsp3) is 0.346. The summed E-state index contributed by atoms with van der Waals surface area (Å²) in [6, 6.07) is 10.3. The molecule has 1 aromatic heterocycles. The lowest BCUT2D eigenvalue weighted by Crippen LogP contribution is -2.30. The minimum atomic E-state index is -0.614. The highest BCUT2D eigenvalue weighted by molar-refractivity contribution is 9.10. The van der Waals surface area contributed by atoms with Gasteiger partial charge in [0.05, 0.1) is 12.2 Å². The zero-order valence-corrected chi connectivity index (χ0v) is 24.6. The minimum absolute atomic E-state index is 0.218. The van der Waals surface area contributed by atoms with Crippen molar-refractivity contribution in [2.75, 3.05) is 17.7 Å². The van der Waals surface area contributed by atoms with Crippen LogP contribution in [-0.2, 0) is 16.1 Å². The number of nitrogens with zero attached hydrogens (tertiary/aromatic N) is 3. The fourth-order valence-corrected chi connectivity index (χ4v) is 5.39. The predicted molar refractivity (Wildman–Crippen MR) is 152 cm³/mol. The Balaban J connectivity index is 1.78. The minimum Gasteiger partial charge on any atom is -0.488 e. The number of thioether (sulfide) groups is 1. The number of aromatic nitrogens is 3. The monoisotopic (exact) mass is 624 g/mol. The number of carbonyl (C=O) groups is 1. The molecular formula is C26H27BrCl2N4O3S. The maximum absolute atomic E-state index is 13.3. The summed E-state index contributed by atoms with van der Waals surface area (Å²) in [6.07, 6.45) is 1.71. The van der Waals surface area contributed by atoms with Crippen molar-refractivity contribution in [2.24, 2.45) is 0 Å². The van der Waals surface area contributed by atoms with Gasteiger partial charge in [0.25, 0.3) is 0 Å². The van der Waals surface area contributed by atoms with Gasteiger partial charge in [-0.25, -0.2) is 9.48 Å². The molecule has 0 saturated carbocycles. The molecule has 1 aliphatic rings. The number of allylic oxidation sites excluding steroid dienone is 1. The molecule has 2 heterocycles. The van der Waals surface area contributed by atoms with Crippen LogP contribution in [0.4, 0.5) is 5.95 Å². The number of ether oxygens (including phenoxy) is 2. The molecule has 4 rings (SSSR count). The number of hydrogen-bond donors (Lipinski definition) is 1. The molecule has 196 valence electrons. The lowest BCUT2D eigenvalue weighted by molar-refractivity contribution is -0.139. The molecule has 0 amide bonds. The average molecular weight is 626 g/mol. The number of fused-ring (bicyclic) bond motifs is 1. The summed E-state index contributed by atoms with van der Waals surface area (Å²) in [6.45, 7) is 6.45. The molecule has 0 spiro atoms. The van der Waals surface area contributed by atoms with E-state index < -0.39 is 12.0 Å². The number of halogens is 3. The molecule has 0 radical (unpaired) electrons. The summed E-state index contributed by atoms with van der Waals surface area (Å²) in [7, 11) is 0. The Morgan fingerprint density at radius 3 is 2.73 bits per heavy atom. The number of nitrogens with one attached hydrogen (secondary N) is 1. The van der Waals surface area contributed by atoms with Crippen LogP contribution < -0.4 is 10.1 Å². The Bertz CT molecular complexity index is 1330. The van der Waals surface area contributed by atoms with Gasteiger partial charge >= 0.3 is 5.97 Å². The third kappa shape index (κ3) is 6.45. The van der Waals surface area contributed by atoms with Gasteiger partial charge in [0.15, 0.2) is 0 Å². The van der Waals surface area contributed by atoms with E-state index in [0.29, 0.717) is 44.8 Å². The average Bonchev–Trinajstić information content (AvgIpc) is 3.27. The van der Waals surface area contributed by atoms with E-state index in [-0.39, 0.29) is 6.61 Å². The number of benzene rings is 2. The smallest absolute Gasteiger partial charge is 0.338 e. The third-order valence-electron chi connectivity index (χ3n) is 5.59. The Kier molecular flexibility index (Phi) is 9.45. The topological polar surface area (TPSA) is 78.3 Å². The summed E-state index contributed by atoms with van der Waals surface area (Å²) in [4.78, 5) is 18.0. The lowest BCUT2D eigenvalue weighted by Gasteiger charge is -2.29. The second kappa shape index (κ2) is 12.6. The van der Waals surface area contributed by atoms with Gasteiger partial charge in [-0.15, -0.1) is 5.10 Å². The Morgan fingerprint density at radius 2 is 2.00 bits per heavy atom. The van der Waals surface area contributed by atoms with Crippen molar-refractivity contribution in [1.29, 1.82) is 0 Å². The molecule has 0 fully saturated rings. The van der Waals surface area contributed by atoms with E-state index in [0.717, 1.165) is 34.2 Å². The highest BCUT2D eigenvalue weighted by atomic mass is 79.9. The van der Waals surface area contributed by atoms with Gasteiger partial charge in [-0.3, -0.25) is 0 Å². The zero-order valence-electron chi connectivity index (χ0n) is 20.7. The molecule has 3 aromatic rings. The molecule has 1 unspecified atom stereocenters. The molecule has 1 N–H and O–H groups in total. The van der Waals surface area contributed by atoms with Crippen molar-refractivity contribution in [3.05, 3.63) is 73.3 Å². The summed E-state index contributed by atoms with van der Waals surface area (Å²) in [5.74, 6) is 1.62. The second-order valence-corrected chi connectivity index (χ2v) is 11.2. The van der Waals surface area contributed by atoms with Crippen LogP contribution in [0.25, 0.3) is 0 Å². The first-order valence-electron chi connectivity index (χ1n) is 11.9. The molecule has 1 aliphatic heterocycles. The molecule has 1 atom stereocenters. The third-order valence-corrected chi connectivity index (χ3v) is 7.71. The van der Waals surface area contributed by atoms with Crippen LogP contribution in [0.2, 0.25) is 10.0 Å². The maximum atomic E-state index is 13.3. The SMILES string of the molecule is CCCOC(=O)C1=C(C)Nc2nc(SCCC)nn2C1c1cc(Br)ccc1OCc1ccc(Cl)cc1Cl. The lowest BCUT2D eigenvalue weighted by atomic mass is 9.95. The van der Waals surface area contributed by atoms with Crippen LogP contribution in [0.1, 0.15) is 50.8 Å². The molecule has 0 bridgehead atoms. The number of anilines is 1. The van der Waals surface area contributed by atoms with Crippen LogP contribution >= 0.6 is 50.9 Å². The quantitative estimate of drug-likeness (QED) is 0.183. The molecule has 37 heavy (non-hydrogen) atoms. The molecule has 11 heteroatoms. The van der Waals surface area contributed by atoms with E-state index in [1.54, 1.807) is 28.6 Å². The fourth-order valence-electron chi connectivity index (χ4n) is 3.87. The van der Waals surface area contributed by atoms with Crippen LogP contribution in [-0.4, -0.2) is 33.1 Å². The Hall–Kier alpha value is -2.20. The summed E-state index contributed by atoms with van der Waals surface area (Å²) in [5.41, 5.74) is 2.64. The van der Waals surface area contributed by atoms with E-state index >= 15 is 0 Å². The van der Waals surface area contributed by atoms with Gasteiger partial charge in [-0.1, -0.05) is 70.8 Å². The number of rotatable bonds is 10. The first kappa shape index (κ1) is 27.8. The van der Waals surface area contributed by atoms with Crippen molar-refractivity contribution < 1.29 is 14.3 Å². The normalized spacial score (nSPS) is 14.8. The molecule has 7 nitrogen and oxygen atoms in total. The summed E-state index contributed by atoms with van der Waals surface area (Å²) < 4.78 is 14.4. The van der Waals surface area contributed by atoms with Crippen molar-refractivity contribution in [2.45, 2.75) is 51.4 Å². The second-order valence-electron chi connectivity index (χ2n) is 8.42. The first-order chi connectivity index (χ1) is 17.8. The molecule has 0 saturated heterocycles. The van der Waals surface area contributed by atoms with Gasteiger partial charge in [-0.05, 0) is 50.1 Å². The van der Waals surface area contributed by atoms with Gasteiger partial charge < -0.3 is 14.8 Å². The van der Waals surface area contributed by atoms with Crippen LogP contribution in [0.3, 0.4) is 0 Å². The van der Waals surface area contributed by atoms with Crippen LogP contribution in [0.15, 0.2) is 57.3 Å². The number of carbonyl (C=O) groups excluding carboxylic acids is 1. The van der Waals surface area contributed by atoms with Crippen molar-refractivity contribution in [1.82, 2.24) is 14.8 Å². The van der Waals surface area contributed by atoms with E-state index in [4.69, 9.17) is 37.8 Å². The summed E-state index contributed by atoms with van der Waals surface area (Å²) >= 11 is 17.6. The van der Waals surface area contributed by atoms with Gasteiger partial charge in [0, 0.05) is 37.1 Å². The van der Waals surface area contributed by atoms with Crippen molar-refractivity contribution >= 4 is 62.8 Å². The van der Waals surface area contributed by atoms with E-state index in [1.807, 2.05) is 38.1 Å². The molecular weight excluding hydrogens is 599 g/mol. The van der Waals surface area contributed by atoms with E-state index in [2.05, 4.69) is 33.2 Å². The Morgan fingerprint density at radius 1 is 1.19 bits per heavy atom. The van der Waals surface area contributed by atoms with Gasteiger partial charge in [-0.2, -0.15) is 4.98 Å². The van der Waals surface area contributed by atoms with E-state index in [1.165, 1.54) is 0 Å². The van der Waals surface area contributed by atoms with Crippen LogP contribution in [0.5, 0.6) is 5.75 Å². The van der Waals surface area contributed by atoms with Crippen molar-refractivity contribution in [3.8, 4) is 5.75 Å². The molecule has 2 aromatic carbocycles.